The highest BCUT2D eigenvalue weighted by Gasteiger charge is 2.16. The van der Waals surface area contributed by atoms with E-state index in [-0.39, 0.29) is 5.91 Å². The van der Waals surface area contributed by atoms with Gasteiger partial charge in [0, 0.05) is 5.56 Å². The zero-order valence-corrected chi connectivity index (χ0v) is 14.9. The number of carbonyl (C=O) groups is 1. The van der Waals surface area contributed by atoms with E-state index < -0.39 is 0 Å². The number of fused-ring (bicyclic) bond motifs is 1. The SMILES string of the molecule is Cc1ccc(Oc2ccccc2NC(=O)c2ccc3c(c2)OCCO3)cc1. The lowest BCUT2D eigenvalue weighted by atomic mass is 10.1. The Morgan fingerprint density at radius 3 is 2.48 bits per heavy atom. The Morgan fingerprint density at radius 2 is 1.67 bits per heavy atom. The van der Waals surface area contributed by atoms with Crippen LogP contribution in [0.25, 0.3) is 0 Å². The van der Waals surface area contributed by atoms with E-state index in [0.29, 0.717) is 47.5 Å². The lowest BCUT2D eigenvalue weighted by molar-refractivity contribution is 0.102. The number of anilines is 1. The molecule has 3 aromatic carbocycles. The zero-order valence-electron chi connectivity index (χ0n) is 14.9. The van der Waals surface area contributed by atoms with Crippen molar-refractivity contribution in [2.24, 2.45) is 0 Å². The second kappa shape index (κ2) is 7.41. The van der Waals surface area contributed by atoms with Gasteiger partial charge < -0.3 is 19.5 Å². The Hall–Kier alpha value is -3.47. The van der Waals surface area contributed by atoms with Crippen LogP contribution in [0, 0.1) is 6.92 Å². The number of rotatable bonds is 4. The van der Waals surface area contributed by atoms with Crippen LogP contribution in [0.4, 0.5) is 5.69 Å². The molecule has 4 rings (SSSR count). The summed E-state index contributed by atoms with van der Waals surface area (Å²) in [6.45, 7) is 3.01. The Labute approximate surface area is 157 Å². The summed E-state index contributed by atoms with van der Waals surface area (Å²) in [6, 6.07) is 20.2. The smallest absolute Gasteiger partial charge is 0.255 e. The number of hydrogen-bond acceptors (Lipinski definition) is 4. The van der Waals surface area contributed by atoms with Crippen LogP contribution in [0.3, 0.4) is 0 Å². The summed E-state index contributed by atoms with van der Waals surface area (Å²) in [5.41, 5.74) is 2.24. The standard InChI is InChI=1S/C22H19NO4/c1-15-6-9-17(10-7-15)27-19-5-3-2-4-18(19)23-22(24)16-8-11-20-21(14-16)26-13-12-25-20/h2-11,14H,12-13H2,1H3,(H,23,24). The van der Waals surface area contributed by atoms with Crippen LogP contribution in [-0.2, 0) is 0 Å². The maximum absolute atomic E-state index is 12.7. The van der Waals surface area contributed by atoms with Gasteiger partial charge in [0.15, 0.2) is 17.2 Å². The lowest BCUT2D eigenvalue weighted by Gasteiger charge is -2.19. The fourth-order valence-electron chi connectivity index (χ4n) is 2.77. The number of carbonyl (C=O) groups excluding carboxylic acids is 1. The van der Waals surface area contributed by atoms with Crippen LogP contribution in [-0.4, -0.2) is 19.1 Å². The highest BCUT2D eigenvalue weighted by molar-refractivity contribution is 6.05. The molecular weight excluding hydrogens is 342 g/mol. The van der Waals surface area contributed by atoms with Crippen molar-refractivity contribution in [3.05, 3.63) is 77.9 Å². The first kappa shape index (κ1) is 17.0. The van der Waals surface area contributed by atoms with Crippen LogP contribution < -0.4 is 19.5 Å². The van der Waals surface area contributed by atoms with Crippen molar-refractivity contribution in [2.75, 3.05) is 18.5 Å². The van der Waals surface area contributed by atoms with Crippen LogP contribution >= 0.6 is 0 Å². The van der Waals surface area contributed by atoms with Crippen LogP contribution in [0.1, 0.15) is 15.9 Å². The van der Waals surface area contributed by atoms with Crippen molar-refractivity contribution in [3.63, 3.8) is 0 Å². The molecule has 1 N–H and O–H groups in total. The van der Waals surface area contributed by atoms with Crippen molar-refractivity contribution in [1.29, 1.82) is 0 Å². The minimum atomic E-state index is -0.244. The van der Waals surface area contributed by atoms with E-state index in [1.54, 1.807) is 24.3 Å². The molecule has 0 spiro atoms. The van der Waals surface area contributed by atoms with Crippen LogP contribution in [0.5, 0.6) is 23.0 Å². The van der Waals surface area contributed by atoms with Gasteiger partial charge in [-0.1, -0.05) is 29.8 Å². The molecule has 1 aliphatic rings. The maximum Gasteiger partial charge on any atom is 0.255 e. The zero-order chi connectivity index (χ0) is 18.6. The predicted octanol–water partition coefficient (Wildman–Crippen LogP) is 4.81. The van der Waals surface area contributed by atoms with Gasteiger partial charge in [-0.05, 0) is 49.4 Å². The second-order valence-electron chi connectivity index (χ2n) is 6.22. The average molecular weight is 361 g/mol. The molecule has 0 unspecified atom stereocenters. The molecule has 0 fully saturated rings. The van der Waals surface area contributed by atoms with E-state index in [2.05, 4.69) is 5.32 Å². The summed E-state index contributed by atoms with van der Waals surface area (Å²) < 4.78 is 17.0. The molecule has 5 nitrogen and oxygen atoms in total. The highest BCUT2D eigenvalue weighted by atomic mass is 16.6. The summed E-state index contributed by atoms with van der Waals surface area (Å²) in [5.74, 6) is 2.28. The normalized spacial score (nSPS) is 12.3. The quantitative estimate of drug-likeness (QED) is 0.724. The summed E-state index contributed by atoms with van der Waals surface area (Å²) in [6.07, 6.45) is 0. The number of ether oxygens (including phenoxy) is 3. The molecule has 3 aromatic rings. The molecule has 0 radical (unpaired) electrons. The molecule has 0 aromatic heterocycles. The topological polar surface area (TPSA) is 56.8 Å². The van der Waals surface area contributed by atoms with E-state index in [1.807, 2.05) is 49.4 Å². The first-order valence-corrected chi connectivity index (χ1v) is 8.73. The average Bonchev–Trinajstić information content (AvgIpc) is 2.70. The van der Waals surface area contributed by atoms with Gasteiger partial charge in [0.1, 0.15) is 19.0 Å². The largest absolute Gasteiger partial charge is 0.486 e. The fourth-order valence-corrected chi connectivity index (χ4v) is 2.77. The van der Waals surface area contributed by atoms with Gasteiger partial charge in [0.2, 0.25) is 0 Å². The number of aryl methyl sites for hydroxylation is 1. The molecule has 1 aliphatic heterocycles. The molecule has 1 amide bonds. The van der Waals surface area contributed by atoms with E-state index >= 15 is 0 Å². The Balaban J connectivity index is 1.54. The summed E-state index contributed by atoms with van der Waals surface area (Å²) in [4.78, 5) is 12.7. The van der Waals surface area contributed by atoms with Gasteiger partial charge in [-0.3, -0.25) is 4.79 Å². The monoisotopic (exact) mass is 361 g/mol. The van der Waals surface area contributed by atoms with Gasteiger partial charge >= 0.3 is 0 Å². The van der Waals surface area contributed by atoms with Crippen molar-refractivity contribution in [3.8, 4) is 23.0 Å². The van der Waals surface area contributed by atoms with E-state index in [4.69, 9.17) is 14.2 Å². The third-order valence-electron chi connectivity index (χ3n) is 4.19. The third kappa shape index (κ3) is 3.87. The molecule has 136 valence electrons. The lowest BCUT2D eigenvalue weighted by Crippen LogP contribution is -2.17. The number of nitrogens with one attached hydrogen (secondary N) is 1. The fraction of sp³-hybridized carbons (Fsp3) is 0.136. The van der Waals surface area contributed by atoms with Gasteiger partial charge in [-0.25, -0.2) is 0 Å². The number of benzene rings is 3. The summed E-state index contributed by atoms with van der Waals surface area (Å²) in [7, 11) is 0. The Bertz CT molecular complexity index is 966. The van der Waals surface area contributed by atoms with E-state index in [0.717, 1.165) is 5.56 Å². The molecular formula is C22H19NO4. The van der Waals surface area contributed by atoms with E-state index in [9.17, 15) is 4.79 Å². The number of para-hydroxylation sites is 2. The Kier molecular flexibility index (Phi) is 4.66. The first-order valence-electron chi connectivity index (χ1n) is 8.73. The molecule has 0 saturated heterocycles. The first-order chi connectivity index (χ1) is 13.2. The van der Waals surface area contributed by atoms with Gasteiger partial charge in [0.25, 0.3) is 5.91 Å². The maximum atomic E-state index is 12.7. The molecule has 0 atom stereocenters. The minimum absolute atomic E-state index is 0.244. The van der Waals surface area contributed by atoms with Crippen molar-refractivity contribution < 1.29 is 19.0 Å². The van der Waals surface area contributed by atoms with Crippen LogP contribution in [0.15, 0.2) is 66.7 Å². The second-order valence-corrected chi connectivity index (χ2v) is 6.22. The molecule has 0 saturated carbocycles. The van der Waals surface area contributed by atoms with Crippen LogP contribution in [0.2, 0.25) is 0 Å². The van der Waals surface area contributed by atoms with Gasteiger partial charge in [-0.2, -0.15) is 0 Å². The third-order valence-corrected chi connectivity index (χ3v) is 4.19. The van der Waals surface area contributed by atoms with Crippen molar-refractivity contribution >= 4 is 11.6 Å². The molecule has 1 heterocycles. The summed E-state index contributed by atoms with van der Waals surface area (Å²) >= 11 is 0. The molecule has 0 aliphatic carbocycles. The number of amides is 1. The van der Waals surface area contributed by atoms with E-state index in [1.165, 1.54) is 0 Å². The number of hydrogen-bond donors (Lipinski definition) is 1. The van der Waals surface area contributed by atoms with Gasteiger partial charge in [-0.15, -0.1) is 0 Å². The van der Waals surface area contributed by atoms with Crippen molar-refractivity contribution in [1.82, 2.24) is 0 Å². The summed E-state index contributed by atoms with van der Waals surface area (Å²) in [5, 5.41) is 2.90. The highest BCUT2D eigenvalue weighted by Crippen LogP contribution is 2.32. The van der Waals surface area contributed by atoms with Crippen molar-refractivity contribution in [2.45, 2.75) is 6.92 Å². The van der Waals surface area contributed by atoms with Gasteiger partial charge in [0.05, 0.1) is 5.69 Å². The molecule has 27 heavy (non-hydrogen) atoms. The molecule has 0 bridgehead atoms. The predicted molar refractivity (Wildman–Crippen MR) is 103 cm³/mol. The Morgan fingerprint density at radius 1 is 0.926 bits per heavy atom. The molecule has 5 heteroatoms. The minimum Gasteiger partial charge on any atom is -0.486 e.